The van der Waals surface area contributed by atoms with Crippen molar-refractivity contribution < 1.29 is 4.52 Å². The minimum Gasteiger partial charge on any atom is -0.381 e. The Morgan fingerprint density at radius 3 is 2.67 bits per heavy atom. The second-order valence-corrected chi connectivity index (χ2v) is 3.31. The Morgan fingerprint density at radius 1 is 1.50 bits per heavy atom. The lowest BCUT2D eigenvalue weighted by atomic mass is 10.0. The summed E-state index contributed by atoms with van der Waals surface area (Å²) in [6, 6.07) is 0. The van der Waals surface area contributed by atoms with Crippen LogP contribution in [0.3, 0.4) is 0 Å². The summed E-state index contributed by atoms with van der Waals surface area (Å²) in [6.45, 7) is 6.31. The Labute approximate surface area is 72.9 Å². The predicted molar refractivity (Wildman–Crippen MR) is 49.0 cm³/mol. The number of aryl methyl sites for hydroxylation is 1. The molecule has 0 aromatic carbocycles. The second-order valence-electron chi connectivity index (χ2n) is 3.31. The largest absolute Gasteiger partial charge is 0.381 e. The fourth-order valence-electron chi connectivity index (χ4n) is 1.37. The van der Waals surface area contributed by atoms with Crippen molar-refractivity contribution in [2.45, 2.75) is 39.5 Å². The normalized spacial score (nSPS) is 11.0. The van der Waals surface area contributed by atoms with Gasteiger partial charge < -0.3 is 10.3 Å². The standard InChI is InChI=1S/C9H16N2O/c1-4-5-7-8(6(2)3)9(10)11-12-7/h6H,4-5H2,1-3H3,(H2,10,11). The number of hydrogen-bond donors (Lipinski definition) is 1. The van der Waals surface area contributed by atoms with Crippen molar-refractivity contribution in [3.63, 3.8) is 0 Å². The van der Waals surface area contributed by atoms with Gasteiger partial charge in [0.1, 0.15) is 5.76 Å². The highest BCUT2D eigenvalue weighted by atomic mass is 16.5. The third-order valence-electron chi connectivity index (χ3n) is 1.88. The lowest BCUT2D eigenvalue weighted by molar-refractivity contribution is 0.382. The second kappa shape index (κ2) is 3.61. The summed E-state index contributed by atoms with van der Waals surface area (Å²) in [5, 5.41) is 3.76. The molecule has 1 aromatic heterocycles. The fourth-order valence-corrected chi connectivity index (χ4v) is 1.37. The van der Waals surface area contributed by atoms with Crippen molar-refractivity contribution in [2.75, 3.05) is 5.73 Å². The first-order valence-electron chi connectivity index (χ1n) is 4.40. The van der Waals surface area contributed by atoms with Crippen LogP contribution in [0.25, 0.3) is 0 Å². The van der Waals surface area contributed by atoms with Gasteiger partial charge in [0.25, 0.3) is 0 Å². The summed E-state index contributed by atoms with van der Waals surface area (Å²) < 4.78 is 5.12. The molecule has 0 saturated heterocycles. The van der Waals surface area contributed by atoms with E-state index in [1.165, 1.54) is 0 Å². The van der Waals surface area contributed by atoms with E-state index in [-0.39, 0.29) is 0 Å². The van der Waals surface area contributed by atoms with Crippen LogP contribution >= 0.6 is 0 Å². The van der Waals surface area contributed by atoms with Gasteiger partial charge in [-0.15, -0.1) is 0 Å². The molecule has 0 unspecified atom stereocenters. The van der Waals surface area contributed by atoms with Crippen LogP contribution in [0.15, 0.2) is 4.52 Å². The van der Waals surface area contributed by atoms with Gasteiger partial charge in [0.2, 0.25) is 0 Å². The van der Waals surface area contributed by atoms with Crippen LogP contribution in [-0.2, 0) is 6.42 Å². The van der Waals surface area contributed by atoms with E-state index in [2.05, 4.69) is 25.9 Å². The lowest BCUT2D eigenvalue weighted by Gasteiger charge is -2.03. The molecule has 1 heterocycles. The van der Waals surface area contributed by atoms with Gasteiger partial charge in [0.15, 0.2) is 5.82 Å². The van der Waals surface area contributed by atoms with Gasteiger partial charge >= 0.3 is 0 Å². The van der Waals surface area contributed by atoms with Crippen molar-refractivity contribution >= 4 is 5.82 Å². The van der Waals surface area contributed by atoms with Crippen LogP contribution in [0.2, 0.25) is 0 Å². The number of hydrogen-bond acceptors (Lipinski definition) is 3. The molecular formula is C9H16N2O. The molecule has 12 heavy (non-hydrogen) atoms. The zero-order chi connectivity index (χ0) is 9.14. The SMILES string of the molecule is CCCc1onc(N)c1C(C)C. The molecule has 0 aliphatic carbocycles. The van der Waals surface area contributed by atoms with Gasteiger partial charge in [-0.05, 0) is 12.3 Å². The highest BCUT2D eigenvalue weighted by molar-refractivity contribution is 5.42. The summed E-state index contributed by atoms with van der Waals surface area (Å²) in [7, 11) is 0. The Morgan fingerprint density at radius 2 is 2.17 bits per heavy atom. The van der Waals surface area contributed by atoms with Crippen molar-refractivity contribution in [2.24, 2.45) is 0 Å². The molecule has 0 amide bonds. The van der Waals surface area contributed by atoms with Crippen LogP contribution in [0, 0.1) is 0 Å². The molecule has 0 saturated carbocycles. The topological polar surface area (TPSA) is 52.0 Å². The van der Waals surface area contributed by atoms with E-state index in [0.717, 1.165) is 24.2 Å². The third-order valence-corrected chi connectivity index (χ3v) is 1.88. The number of nitrogens with two attached hydrogens (primary N) is 1. The predicted octanol–water partition coefficient (Wildman–Crippen LogP) is 2.33. The number of aromatic nitrogens is 1. The summed E-state index contributed by atoms with van der Waals surface area (Å²) in [5.41, 5.74) is 6.75. The average molecular weight is 168 g/mol. The maximum absolute atomic E-state index is 5.67. The zero-order valence-corrected chi connectivity index (χ0v) is 7.92. The van der Waals surface area contributed by atoms with E-state index in [4.69, 9.17) is 10.3 Å². The smallest absolute Gasteiger partial charge is 0.170 e. The Bertz CT molecular complexity index is 253. The molecule has 0 aliphatic rings. The highest BCUT2D eigenvalue weighted by Crippen LogP contribution is 2.25. The van der Waals surface area contributed by atoms with Gasteiger partial charge in [-0.25, -0.2) is 0 Å². The lowest BCUT2D eigenvalue weighted by Crippen LogP contribution is -1.96. The molecule has 0 bridgehead atoms. The van der Waals surface area contributed by atoms with Crippen LogP contribution < -0.4 is 5.73 Å². The maximum Gasteiger partial charge on any atom is 0.170 e. The van der Waals surface area contributed by atoms with E-state index in [1.54, 1.807) is 0 Å². The fraction of sp³-hybridized carbons (Fsp3) is 0.667. The van der Waals surface area contributed by atoms with E-state index in [1.807, 2.05) is 0 Å². The first-order valence-corrected chi connectivity index (χ1v) is 4.40. The molecule has 0 radical (unpaired) electrons. The molecule has 1 rings (SSSR count). The Kier molecular flexibility index (Phi) is 2.74. The zero-order valence-electron chi connectivity index (χ0n) is 7.92. The molecule has 2 N–H and O–H groups in total. The average Bonchev–Trinajstić information content (AvgIpc) is 2.32. The summed E-state index contributed by atoms with van der Waals surface area (Å²) in [6.07, 6.45) is 1.99. The van der Waals surface area contributed by atoms with Gasteiger partial charge in [0, 0.05) is 12.0 Å². The van der Waals surface area contributed by atoms with E-state index in [0.29, 0.717) is 11.7 Å². The van der Waals surface area contributed by atoms with Crippen LogP contribution in [0.5, 0.6) is 0 Å². The van der Waals surface area contributed by atoms with E-state index in [9.17, 15) is 0 Å². The van der Waals surface area contributed by atoms with E-state index >= 15 is 0 Å². The first-order chi connectivity index (χ1) is 5.66. The number of anilines is 1. The highest BCUT2D eigenvalue weighted by Gasteiger charge is 2.15. The van der Waals surface area contributed by atoms with Crippen molar-refractivity contribution in [3.05, 3.63) is 11.3 Å². The number of rotatable bonds is 3. The molecular weight excluding hydrogens is 152 g/mol. The van der Waals surface area contributed by atoms with Crippen molar-refractivity contribution in [1.82, 2.24) is 5.16 Å². The molecule has 3 nitrogen and oxygen atoms in total. The molecule has 68 valence electrons. The van der Waals surface area contributed by atoms with Gasteiger partial charge in [-0.1, -0.05) is 25.9 Å². The number of nitrogens with zero attached hydrogens (tertiary/aromatic N) is 1. The summed E-state index contributed by atoms with van der Waals surface area (Å²) in [4.78, 5) is 0. The minimum absolute atomic E-state index is 0.401. The molecule has 0 spiro atoms. The summed E-state index contributed by atoms with van der Waals surface area (Å²) in [5.74, 6) is 1.90. The van der Waals surface area contributed by atoms with Crippen LogP contribution in [0.4, 0.5) is 5.82 Å². The van der Waals surface area contributed by atoms with Gasteiger partial charge in [0.05, 0.1) is 0 Å². The molecule has 0 fully saturated rings. The molecule has 1 aromatic rings. The molecule has 0 atom stereocenters. The van der Waals surface area contributed by atoms with Gasteiger partial charge in [-0.2, -0.15) is 0 Å². The Hall–Kier alpha value is -0.990. The van der Waals surface area contributed by atoms with Crippen molar-refractivity contribution in [1.29, 1.82) is 0 Å². The van der Waals surface area contributed by atoms with Crippen molar-refractivity contribution in [3.8, 4) is 0 Å². The molecule has 3 heteroatoms. The van der Waals surface area contributed by atoms with Crippen LogP contribution in [-0.4, -0.2) is 5.16 Å². The summed E-state index contributed by atoms with van der Waals surface area (Å²) >= 11 is 0. The maximum atomic E-state index is 5.67. The van der Waals surface area contributed by atoms with Gasteiger partial charge in [-0.3, -0.25) is 0 Å². The quantitative estimate of drug-likeness (QED) is 0.753. The number of nitrogen functional groups attached to an aromatic ring is 1. The minimum atomic E-state index is 0.401. The third kappa shape index (κ3) is 1.60. The van der Waals surface area contributed by atoms with Crippen LogP contribution in [0.1, 0.15) is 44.4 Å². The molecule has 0 aliphatic heterocycles. The monoisotopic (exact) mass is 168 g/mol. The Balaban J connectivity index is 2.95. The first kappa shape index (κ1) is 9.10. The van der Waals surface area contributed by atoms with E-state index < -0.39 is 0 Å².